The molecule has 3 heterocycles. The van der Waals surface area contributed by atoms with Crippen molar-refractivity contribution in [2.24, 2.45) is 10.9 Å². The average molecular weight is 428 g/mol. The van der Waals surface area contributed by atoms with E-state index in [1.165, 1.54) is 63.8 Å². The summed E-state index contributed by atoms with van der Waals surface area (Å²) in [6, 6.07) is 11.9. The maximum atomic E-state index is 5.54. The quantitative estimate of drug-likeness (QED) is 0.494. The Morgan fingerprint density at radius 1 is 1.10 bits per heavy atom. The van der Waals surface area contributed by atoms with Crippen LogP contribution in [0.2, 0.25) is 0 Å². The van der Waals surface area contributed by atoms with Crippen molar-refractivity contribution < 1.29 is 4.74 Å². The van der Waals surface area contributed by atoms with Gasteiger partial charge in [-0.05, 0) is 57.1 Å². The third-order valence-electron chi connectivity index (χ3n) is 7.00. The molecule has 1 aromatic carbocycles. The van der Waals surface area contributed by atoms with E-state index in [0.717, 1.165) is 44.7 Å². The Kier molecular flexibility index (Phi) is 8.62. The van der Waals surface area contributed by atoms with Crippen LogP contribution >= 0.6 is 0 Å². The Balaban J connectivity index is 1.24. The lowest BCUT2D eigenvalue weighted by Gasteiger charge is -2.34. The molecule has 0 spiro atoms. The molecule has 3 fully saturated rings. The molecular formula is C25H41N5O. The molecule has 2 atom stereocenters. The first-order valence-electron chi connectivity index (χ1n) is 12.4. The standard InChI is InChI=1S/C25H41N5O/c1-2-26-25(28-23-10-14-29(15-11-23)18-22-12-16-31-20-22)27-17-24-9-6-13-30(24)19-21-7-4-3-5-8-21/h3-5,7-8,22-24H,2,6,9-20H2,1H3,(H2,26,27,28). The largest absolute Gasteiger partial charge is 0.381 e. The number of piperidine rings is 1. The second kappa shape index (κ2) is 11.8. The third-order valence-corrected chi connectivity index (χ3v) is 7.00. The van der Waals surface area contributed by atoms with Crippen molar-refractivity contribution in [1.29, 1.82) is 0 Å². The van der Waals surface area contributed by atoms with Crippen LogP contribution in [0.3, 0.4) is 0 Å². The zero-order valence-corrected chi connectivity index (χ0v) is 19.3. The highest BCUT2D eigenvalue weighted by Crippen LogP contribution is 2.21. The van der Waals surface area contributed by atoms with Crippen LogP contribution < -0.4 is 10.6 Å². The Morgan fingerprint density at radius 3 is 2.68 bits per heavy atom. The van der Waals surface area contributed by atoms with Crippen molar-refractivity contribution in [3.05, 3.63) is 35.9 Å². The summed E-state index contributed by atoms with van der Waals surface area (Å²) < 4.78 is 5.54. The van der Waals surface area contributed by atoms with Gasteiger partial charge in [0.2, 0.25) is 0 Å². The SMILES string of the molecule is CCNC(=NCC1CCCN1Cc1ccccc1)NC1CCN(CC2CCOC2)CC1. The highest BCUT2D eigenvalue weighted by Gasteiger charge is 2.26. The fourth-order valence-corrected chi connectivity index (χ4v) is 5.19. The first kappa shape index (κ1) is 22.6. The topological polar surface area (TPSA) is 52.1 Å². The van der Waals surface area contributed by atoms with Gasteiger partial charge in [0.25, 0.3) is 0 Å². The number of nitrogens with one attached hydrogen (secondary N) is 2. The van der Waals surface area contributed by atoms with Crippen LogP contribution in [0.1, 0.15) is 44.6 Å². The van der Waals surface area contributed by atoms with E-state index in [9.17, 15) is 0 Å². The molecule has 31 heavy (non-hydrogen) atoms. The maximum Gasteiger partial charge on any atom is 0.191 e. The number of guanidine groups is 1. The Bertz CT molecular complexity index is 668. The lowest BCUT2D eigenvalue weighted by Crippen LogP contribution is -2.49. The molecule has 3 saturated heterocycles. The summed E-state index contributed by atoms with van der Waals surface area (Å²) in [7, 11) is 0. The number of hydrogen-bond donors (Lipinski definition) is 2. The van der Waals surface area contributed by atoms with Crippen LogP contribution in [0, 0.1) is 5.92 Å². The van der Waals surface area contributed by atoms with E-state index < -0.39 is 0 Å². The number of likely N-dealkylation sites (tertiary alicyclic amines) is 2. The molecular weight excluding hydrogens is 386 g/mol. The maximum absolute atomic E-state index is 5.54. The second-order valence-corrected chi connectivity index (χ2v) is 9.42. The van der Waals surface area contributed by atoms with Crippen molar-refractivity contribution >= 4 is 5.96 Å². The highest BCUT2D eigenvalue weighted by atomic mass is 16.5. The van der Waals surface area contributed by atoms with Crippen LogP contribution in [0.15, 0.2) is 35.3 Å². The van der Waals surface area contributed by atoms with Gasteiger partial charge in [0.1, 0.15) is 0 Å². The minimum Gasteiger partial charge on any atom is -0.381 e. The van der Waals surface area contributed by atoms with Gasteiger partial charge in [-0.25, -0.2) is 0 Å². The number of nitrogens with zero attached hydrogens (tertiary/aromatic N) is 3. The molecule has 1 aromatic rings. The molecule has 0 bridgehead atoms. The summed E-state index contributed by atoms with van der Waals surface area (Å²) >= 11 is 0. The second-order valence-electron chi connectivity index (χ2n) is 9.42. The molecule has 2 N–H and O–H groups in total. The lowest BCUT2D eigenvalue weighted by atomic mass is 10.0. The fourth-order valence-electron chi connectivity index (χ4n) is 5.19. The van der Waals surface area contributed by atoms with Gasteiger partial charge in [0, 0.05) is 51.4 Å². The van der Waals surface area contributed by atoms with E-state index in [4.69, 9.17) is 9.73 Å². The van der Waals surface area contributed by atoms with Crippen molar-refractivity contribution in [3.8, 4) is 0 Å². The molecule has 4 rings (SSSR count). The minimum atomic E-state index is 0.526. The van der Waals surface area contributed by atoms with Gasteiger partial charge < -0.3 is 20.3 Å². The Labute approximate surface area is 188 Å². The van der Waals surface area contributed by atoms with Crippen LogP contribution in [0.4, 0.5) is 0 Å². The fraction of sp³-hybridized carbons (Fsp3) is 0.720. The molecule has 0 amide bonds. The van der Waals surface area contributed by atoms with E-state index in [-0.39, 0.29) is 0 Å². The first-order valence-corrected chi connectivity index (χ1v) is 12.4. The summed E-state index contributed by atoms with van der Waals surface area (Å²) in [4.78, 5) is 10.2. The summed E-state index contributed by atoms with van der Waals surface area (Å²) in [5.41, 5.74) is 1.40. The predicted octanol–water partition coefficient (Wildman–Crippen LogP) is 2.71. The molecule has 0 radical (unpaired) electrons. The van der Waals surface area contributed by atoms with E-state index >= 15 is 0 Å². The lowest BCUT2D eigenvalue weighted by molar-refractivity contribution is 0.150. The monoisotopic (exact) mass is 427 g/mol. The van der Waals surface area contributed by atoms with Crippen LogP contribution in [0.25, 0.3) is 0 Å². The summed E-state index contributed by atoms with van der Waals surface area (Å²) in [6.45, 7) is 11.6. The number of benzene rings is 1. The first-order chi connectivity index (χ1) is 15.3. The van der Waals surface area contributed by atoms with E-state index in [2.05, 4.69) is 57.7 Å². The average Bonchev–Trinajstić information content (AvgIpc) is 3.46. The molecule has 0 saturated carbocycles. The van der Waals surface area contributed by atoms with Crippen LogP contribution in [-0.2, 0) is 11.3 Å². The van der Waals surface area contributed by atoms with Crippen molar-refractivity contribution in [3.63, 3.8) is 0 Å². The molecule has 172 valence electrons. The Morgan fingerprint density at radius 2 is 1.94 bits per heavy atom. The molecule has 0 aliphatic carbocycles. The van der Waals surface area contributed by atoms with Gasteiger partial charge in [-0.3, -0.25) is 9.89 Å². The zero-order chi connectivity index (χ0) is 21.3. The normalized spacial score (nSPS) is 26.4. The summed E-state index contributed by atoms with van der Waals surface area (Å²) in [5, 5.41) is 7.21. The van der Waals surface area contributed by atoms with Crippen molar-refractivity contribution in [1.82, 2.24) is 20.4 Å². The van der Waals surface area contributed by atoms with Crippen molar-refractivity contribution in [2.75, 3.05) is 52.5 Å². The highest BCUT2D eigenvalue weighted by molar-refractivity contribution is 5.80. The Hall–Kier alpha value is -1.63. The van der Waals surface area contributed by atoms with Gasteiger partial charge in [-0.2, -0.15) is 0 Å². The molecule has 2 unspecified atom stereocenters. The number of hydrogen-bond acceptors (Lipinski definition) is 4. The summed E-state index contributed by atoms with van der Waals surface area (Å²) in [5.74, 6) is 1.74. The minimum absolute atomic E-state index is 0.526. The molecule has 3 aliphatic rings. The number of aliphatic imine (C=N–C) groups is 1. The predicted molar refractivity (Wildman–Crippen MR) is 127 cm³/mol. The molecule has 6 nitrogen and oxygen atoms in total. The van der Waals surface area contributed by atoms with Crippen LogP contribution in [0.5, 0.6) is 0 Å². The number of ether oxygens (including phenoxy) is 1. The third kappa shape index (κ3) is 6.93. The number of rotatable bonds is 8. The van der Waals surface area contributed by atoms with E-state index in [1.54, 1.807) is 0 Å². The van der Waals surface area contributed by atoms with Gasteiger partial charge in [0.15, 0.2) is 5.96 Å². The van der Waals surface area contributed by atoms with Gasteiger partial charge in [0.05, 0.1) is 13.2 Å². The van der Waals surface area contributed by atoms with Crippen LogP contribution in [-0.4, -0.2) is 80.3 Å². The van der Waals surface area contributed by atoms with Gasteiger partial charge in [-0.1, -0.05) is 30.3 Å². The summed E-state index contributed by atoms with van der Waals surface area (Å²) in [6.07, 6.45) is 6.15. The molecule has 0 aromatic heterocycles. The zero-order valence-electron chi connectivity index (χ0n) is 19.3. The van der Waals surface area contributed by atoms with Gasteiger partial charge >= 0.3 is 0 Å². The van der Waals surface area contributed by atoms with Gasteiger partial charge in [-0.15, -0.1) is 0 Å². The van der Waals surface area contributed by atoms with E-state index in [0.29, 0.717) is 12.1 Å². The van der Waals surface area contributed by atoms with Crippen molar-refractivity contribution in [2.45, 2.75) is 57.7 Å². The molecule has 3 aliphatic heterocycles. The molecule has 6 heteroatoms. The smallest absolute Gasteiger partial charge is 0.191 e. The van der Waals surface area contributed by atoms with E-state index in [1.807, 2.05) is 0 Å².